The summed E-state index contributed by atoms with van der Waals surface area (Å²) in [6.45, 7) is 2.28. The Labute approximate surface area is 105 Å². The highest BCUT2D eigenvalue weighted by molar-refractivity contribution is 7.77. The molecule has 0 heterocycles. The molecule has 0 aromatic rings. The zero-order valence-electron chi connectivity index (χ0n) is 9.52. The van der Waals surface area contributed by atoms with Gasteiger partial charge in [-0.3, -0.25) is 4.79 Å². The molecular weight excluding hydrogens is 259 g/mol. The van der Waals surface area contributed by atoms with E-state index in [2.05, 4.69) is 13.8 Å². The summed E-state index contributed by atoms with van der Waals surface area (Å²) in [5, 5.41) is 12.2. The standard InChI is InChI=1S/C9H14BNO4P2/c1-2-15-8(13)7(17-16)6(12)4-3-5-11-9(10)14/h12,16H,2-5H2,1H3,(H,11,14)/b7-6+. The van der Waals surface area contributed by atoms with Gasteiger partial charge in [-0.2, -0.15) is 0 Å². The van der Waals surface area contributed by atoms with E-state index in [0.29, 0.717) is 20.8 Å². The Morgan fingerprint density at radius 1 is 1.53 bits per heavy atom. The van der Waals surface area contributed by atoms with Gasteiger partial charge in [0.2, 0.25) is 0 Å². The van der Waals surface area contributed by atoms with Crippen LogP contribution in [0, 0.1) is 0 Å². The van der Waals surface area contributed by atoms with E-state index in [-0.39, 0.29) is 24.1 Å². The lowest BCUT2D eigenvalue weighted by Crippen LogP contribution is -2.22. The van der Waals surface area contributed by atoms with Gasteiger partial charge in [-0.1, -0.05) is 8.53 Å². The van der Waals surface area contributed by atoms with Gasteiger partial charge in [-0.15, -0.1) is 0 Å². The zero-order valence-corrected chi connectivity index (χ0v) is 11.4. The fourth-order valence-corrected chi connectivity index (χ4v) is 2.07. The predicted molar refractivity (Wildman–Crippen MR) is 69.9 cm³/mol. The molecule has 0 bridgehead atoms. The topological polar surface area (TPSA) is 75.6 Å². The Balaban J connectivity index is 4.29. The molecule has 92 valence electrons. The van der Waals surface area contributed by atoms with Gasteiger partial charge in [0.05, 0.1) is 6.61 Å². The molecule has 0 fully saturated rings. The minimum Gasteiger partial charge on any atom is -0.511 e. The highest BCUT2D eigenvalue weighted by Gasteiger charge is 2.13. The maximum atomic E-state index is 11.4. The Bertz CT molecular complexity index is 333. The van der Waals surface area contributed by atoms with Crippen molar-refractivity contribution >= 4 is 36.0 Å². The number of ether oxygens (including phenoxy) is 1. The molecule has 0 aromatic heterocycles. The Hall–Kier alpha value is -0.855. The van der Waals surface area contributed by atoms with Crippen molar-refractivity contribution in [2.45, 2.75) is 19.8 Å². The summed E-state index contributed by atoms with van der Waals surface area (Å²) in [6.07, 6.45) is 0.755. The number of rotatable bonds is 7. The number of carbonyl (C=O) groups excluding carboxylic acids is 2. The van der Waals surface area contributed by atoms with E-state index < -0.39 is 11.8 Å². The van der Waals surface area contributed by atoms with Crippen molar-refractivity contribution < 1.29 is 19.4 Å². The van der Waals surface area contributed by atoms with Gasteiger partial charge >= 0.3 is 5.97 Å². The van der Waals surface area contributed by atoms with Crippen molar-refractivity contribution in [3.05, 3.63) is 11.1 Å². The molecule has 1 amide bonds. The molecule has 0 aliphatic carbocycles. The van der Waals surface area contributed by atoms with Crippen LogP contribution < -0.4 is 5.32 Å². The number of nitrogens with one attached hydrogen (secondary N) is 1. The number of esters is 1. The lowest BCUT2D eigenvalue weighted by molar-refractivity contribution is -0.137. The van der Waals surface area contributed by atoms with Crippen LogP contribution >= 0.6 is 16.4 Å². The second-order valence-corrected chi connectivity index (χ2v) is 4.36. The first kappa shape index (κ1) is 16.1. The van der Waals surface area contributed by atoms with E-state index >= 15 is 0 Å². The number of allylic oxidation sites excluding steroid dienone is 1. The van der Waals surface area contributed by atoms with Gasteiger partial charge in [0.1, 0.15) is 11.1 Å². The van der Waals surface area contributed by atoms with Crippen LogP contribution in [0.4, 0.5) is 4.79 Å². The molecule has 0 spiro atoms. The smallest absolute Gasteiger partial charge is 0.346 e. The first-order valence-corrected chi connectivity index (χ1v) is 7.26. The molecule has 17 heavy (non-hydrogen) atoms. The van der Waals surface area contributed by atoms with Crippen molar-refractivity contribution in [1.29, 1.82) is 0 Å². The number of aliphatic hydroxyl groups excluding tert-OH is 1. The van der Waals surface area contributed by atoms with Crippen molar-refractivity contribution in [3.63, 3.8) is 0 Å². The van der Waals surface area contributed by atoms with Crippen LogP contribution in [0.25, 0.3) is 0 Å². The van der Waals surface area contributed by atoms with Crippen LogP contribution in [0.2, 0.25) is 0 Å². The Kier molecular flexibility index (Phi) is 8.74. The molecule has 8 heteroatoms. The van der Waals surface area contributed by atoms with E-state index in [1.54, 1.807) is 6.92 Å². The number of carbonyl (C=O) groups is 2. The molecule has 0 saturated carbocycles. The van der Waals surface area contributed by atoms with Gasteiger partial charge < -0.3 is 15.2 Å². The lowest BCUT2D eigenvalue weighted by atomic mass is 10.1. The summed E-state index contributed by atoms with van der Waals surface area (Å²) in [7, 11) is 8.47. The van der Waals surface area contributed by atoms with Crippen molar-refractivity contribution in [2.75, 3.05) is 13.2 Å². The number of hydrogen-bond donors (Lipinski definition) is 2. The summed E-state index contributed by atoms with van der Waals surface area (Å²) in [6, 6.07) is 0. The SMILES string of the molecule is [B]C(=O)NCCC/C(O)=C(\P=P)C(=O)OCC. The van der Waals surface area contributed by atoms with E-state index in [1.807, 2.05) is 0 Å². The molecule has 2 radical (unpaired) electrons. The van der Waals surface area contributed by atoms with Crippen molar-refractivity contribution in [1.82, 2.24) is 5.32 Å². The Morgan fingerprint density at radius 2 is 2.18 bits per heavy atom. The fraction of sp³-hybridized carbons (Fsp3) is 0.556. The number of aliphatic hydroxyl groups is 1. The van der Waals surface area contributed by atoms with Gasteiger partial charge in [0.15, 0.2) is 13.7 Å². The van der Waals surface area contributed by atoms with Crippen molar-refractivity contribution in [3.8, 4) is 0 Å². The molecule has 0 rings (SSSR count). The van der Waals surface area contributed by atoms with Crippen LogP contribution in [0.1, 0.15) is 19.8 Å². The summed E-state index contributed by atoms with van der Waals surface area (Å²) >= 11 is 0. The molecule has 0 unspecified atom stereocenters. The summed E-state index contributed by atoms with van der Waals surface area (Å²) in [5.41, 5.74) is 0. The number of amides is 1. The first-order valence-electron chi connectivity index (χ1n) is 5.02. The second kappa shape index (κ2) is 9.20. The van der Waals surface area contributed by atoms with Crippen LogP contribution in [0.15, 0.2) is 11.1 Å². The third-order valence-electron chi connectivity index (χ3n) is 1.74. The summed E-state index contributed by atoms with van der Waals surface area (Å²) in [4.78, 5) is 21.8. The Morgan fingerprint density at radius 3 is 2.65 bits per heavy atom. The number of hydrogen-bond acceptors (Lipinski definition) is 4. The van der Waals surface area contributed by atoms with Gasteiger partial charge in [-0.05, 0) is 21.2 Å². The predicted octanol–water partition coefficient (Wildman–Crippen LogP) is 1.98. The summed E-state index contributed by atoms with van der Waals surface area (Å²) < 4.78 is 4.78. The van der Waals surface area contributed by atoms with Gasteiger partial charge in [0.25, 0.3) is 0 Å². The van der Waals surface area contributed by atoms with E-state index in [0.717, 1.165) is 0 Å². The van der Waals surface area contributed by atoms with Gasteiger partial charge in [-0.25, -0.2) is 4.79 Å². The first-order chi connectivity index (χ1) is 8.02. The highest BCUT2D eigenvalue weighted by atomic mass is 31.7. The van der Waals surface area contributed by atoms with Crippen LogP contribution in [-0.4, -0.2) is 37.9 Å². The fourth-order valence-electron chi connectivity index (χ4n) is 1.01. The largest absolute Gasteiger partial charge is 0.511 e. The van der Waals surface area contributed by atoms with Crippen LogP contribution in [0.5, 0.6) is 0 Å². The lowest BCUT2D eigenvalue weighted by Gasteiger charge is -2.06. The average molecular weight is 273 g/mol. The molecule has 0 aromatic carbocycles. The third-order valence-corrected chi connectivity index (χ3v) is 3.08. The average Bonchev–Trinajstić information content (AvgIpc) is 2.25. The molecular formula is C9H14BNO4P2. The van der Waals surface area contributed by atoms with E-state index in [4.69, 9.17) is 12.6 Å². The zero-order chi connectivity index (χ0) is 13.3. The van der Waals surface area contributed by atoms with Gasteiger partial charge in [0, 0.05) is 13.0 Å². The second-order valence-electron chi connectivity index (χ2n) is 3.02. The normalized spacial score (nSPS) is 11.8. The highest BCUT2D eigenvalue weighted by Crippen LogP contribution is 2.24. The maximum Gasteiger partial charge on any atom is 0.346 e. The minimum absolute atomic E-state index is 0.0496. The molecule has 0 atom stereocenters. The molecule has 0 saturated heterocycles. The molecule has 5 nitrogen and oxygen atoms in total. The van der Waals surface area contributed by atoms with Crippen LogP contribution in [0.3, 0.4) is 0 Å². The van der Waals surface area contributed by atoms with Crippen molar-refractivity contribution in [2.24, 2.45) is 0 Å². The summed E-state index contributed by atoms with van der Waals surface area (Å²) in [5.74, 6) is -1.21. The van der Waals surface area contributed by atoms with E-state index in [1.165, 1.54) is 0 Å². The van der Waals surface area contributed by atoms with E-state index in [9.17, 15) is 14.7 Å². The molecule has 0 aliphatic heterocycles. The maximum absolute atomic E-state index is 11.4. The van der Waals surface area contributed by atoms with Crippen LogP contribution in [-0.2, 0) is 9.53 Å². The monoisotopic (exact) mass is 273 g/mol. The molecule has 0 aliphatic rings. The quantitative estimate of drug-likeness (QED) is 0.186. The molecule has 2 N–H and O–H groups in total. The third kappa shape index (κ3) is 7.14. The minimum atomic E-state index is -0.614.